The molecular formula is C10H16N2S. The van der Waals surface area contributed by atoms with E-state index in [0.29, 0.717) is 0 Å². The van der Waals surface area contributed by atoms with Crippen molar-refractivity contribution < 1.29 is 0 Å². The summed E-state index contributed by atoms with van der Waals surface area (Å²) in [4.78, 5) is 4.20. The maximum atomic E-state index is 4.20. The topological polar surface area (TPSA) is 24.9 Å². The minimum Gasteiger partial charge on any atom is -0.313 e. The van der Waals surface area contributed by atoms with E-state index >= 15 is 0 Å². The van der Waals surface area contributed by atoms with Gasteiger partial charge in [0.25, 0.3) is 0 Å². The van der Waals surface area contributed by atoms with E-state index in [-0.39, 0.29) is 0 Å². The SMILES string of the molecule is CCCNCC(C)=Cc1cscn1. The van der Waals surface area contributed by atoms with E-state index in [1.54, 1.807) is 11.3 Å². The molecule has 0 unspecified atom stereocenters. The highest BCUT2D eigenvalue weighted by Crippen LogP contribution is 2.06. The molecule has 0 aromatic carbocycles. The molecule has 72 valence electrons. The second kappa shape index (κ2) is 5.89. The van der Waals surface area contributed by atoms with Gasteiger partial charge in [-0.3, -0.25) is 0 Å². The average Bonchev–Trinajstić information content (AvgIpc) is 2.57. The molecule has 3 heteroatoms. The first-order chi connectivity index (χ1) is 6.33. The van der Waals surface area contributed by atoms with Crippen molar-refractivity contribution in [2.45, 2.75) is 20.3 Å². The lowest BCUT2D eigenvalue weighted by Crippen LogP contribution is -2.16. The van der Waals surface area contributed by atoms with Gasteiger partial charge in [-0.25, -0.2) is 4.98 Å². The van der Waals surface area contributed by atoms with Gasteiger partial charge in [-0.15, -0.1) is 11.3 Å². The second-order valence-electron chi connectivity index (χ2n) is 3.08. The summed E-state index contributed by atoms with van der Waals surface area (Å²) in [6, 6.07) is 0. The lowest BCUT2D eigenvalue weighted by molar-refractivity contribution is 0.715. The highest BCUT2D eigenvalue weighted by Gasteiger charge is 1.92. The Morgan fingerprint density at radius 2 is 2.54 bits per heavy atom. The van der Waals surface area contributed by atoms with Crippen LogP contribution in [-0.4, -0.2) is 18.1 Å². The van der Waals surface area contributed by atoms with Crippen LogP contribution in [-0.2, 0) is 0 Å². The van der Waals surface area contributed by atoms with Gasteiger partial charge in [0.1, 0.15) is 0 Å². The molecule has 0 saturated carbocycles. The Morgan fingerprint density at radius 1 is 1.69 bits per heavy atom. The molecule has 0 aliphatic rings. The number of hydrogen-bond acceptors (Lipinski definition) is 3. The number of aromatic nitrogens is 1. The summed E-state index contributed by atoms with van der Waals surface area (Å²) < 4.78 is 0. The highest BCUT2D eigenvalue weighted by molar-refractivity contribution is 7.07. The summed E-state index contributed by atoms with van der Waals surface area (Å²) in [5.74, 6) is 0. The lowest BCUT2D eigenvalue weighted by Gasteiger charge is -2.01. The van der Waals surface area contributed by atoms with E-state index < -0.39 is 0 Å². The van der Waals surface area contributed by atoms with Crippen molar-refractivity contribution in [3.8, 4) is 0 Å². The largest absolute Gasteiger partial charge is 0.313 e. The molecule has 1 rings (SSSR count). The van der Waals surface area contributed by atoms with Gasteiger partial charge in [0.2, 0.25) is 0 Å². The van der Waals surface area contributed by atoms with E-state index in [1.165, 1.54) is 12.0 Å². The van der Waals surface area contributed by atoms with Crippen LogP contribution in [0.5, 0.6) is 0 Å². The maximum Gasteiger partial charge on any atom is 0.0798 e. The molecule has 1 aromatic heterocycles. The van der Waals surface area contributed by atoms with Crippen LogP contribution >= 0.6 is 11.3 Å². The fraction of sp³-hybridized carbons (Fsp3) is 0.500. The van der Waals surface area contributed by atoms with E-state index in [2.05, 4.69) is 35.6 Å². The molecule has 0 aliphatic carbocycles. The third kappa shape index (κ3) is 4.20. The molecule has 0 atom stereocenters. The Morgan fingerprint density at radius 3 is 3.15 bits per heavy atom. The molecule has 0 amide bonds. The van der Waals surface area contributed by atoms with Crippen molar-refractivity contribution in [1.82, 2.24) is 10.3 Å². The first-order valence-corrected chi connectivity index (χ1v) is 5.53. The Kier molecular flexibility index (Phi) is 4.72. The standard InChI is InChI=1S/C10H16N2S/c1-3-4-11-6-9(2)5-10-7-13-8-12-10/h5,7-8,11H,3-4,6H2,1-2H3. The molecule has 0 aliphatic heterocycles. The first-order valence-electron chi connectivity index (χ1n) is 4.59. The third-order valence-electron chi connectivity index (χ3n) is 1.68. The second-order valence-corrected chi connectivity index (χ2v) is 3.80. The summed E-state index contributed by atoms with van der Waals surface area (Å²) in [5.41, 5.74) is 4.26. The van der Waals surface area contributed by atoms with Crippen molar-refractivity contribution in [2.24, 2.45) is 0 Å². The average molecular weight is 196 g/mol. The van der Waals surface area contributed by atoms with Crippen molar-refractivity contribution in [3.05, 3.63) is 22.2 Å². The van der Waals surface area contributed by atoms with Crippen LogP contribution in [0.15, 0.2) is 16.5 Å². The van der Waals surface area contributed by atoms with Gasteiger partial charge in [-0.1, -0.05) is 12.5 Å². The quantitative estimate of drug-likeness (QED) is 0.732. The molecule has 0 saturated heterocycles. The summed E-state index contributed by atoms with van der Waals surface area (Å²) >= 11 is 1.63. The van der Waals surface area contributed by atoms with Crippen LogP contribution < -0.4 is 5.32 Å². The fourth-order valence-electron chi connectivity index (χ4n) is 1.06. The van der Waals surface area contributed by atoms with Crippen molar-refractivity contribution in [1.29, 1.82) is 0 Å². The zero-order valence-corrected chi connectivity index (χ0v) is 9.03. The van der Waals surface area contributed by atoms with Gasteiger partial charge >= 0.3 is 0 Å². The van der Waals surface area contributed by atoms with Crippen LogP contribution in [0.2, 0.25) is 0 Å². The van der Waals surface area contributed by atoms with Crippen LogP contribution in [0.1, 0.15) is 26.0 Å². The lowest BCUT2D eigenvalue weighted by atomic mass is 10.2. The van der Waals surface area contributed by atoms with Gasteiger partial charge in [0, 0.05) is 11.9 Å². The molecule has 1 heterocycles. The van der Waals surface area contributed by atoms with Gasteiger partial charge in [0.15, 0.2) is 0 Å². The minimum absolute atomic E-state index is 0.964. The van der Waals surface area contributed by atoms with Gasteiger partial charge in [-0.05, 0) is 26.0 Å². The van der Waals surface area contributed by atoms with Crippen molar-refractivity contribution in [2.75, 3.05) is 13.1 Å². The van der Waals surface area contributed by atoms with E-state index in [9.17, 15) is 0 Å². The van der Waals surface area contributed by atoms with Gasteiger partial charge < -0.3 is 5.32 Å². The van der Waals surface area contributed by atoms with Crippen molar-refractivity contribution >= 4 is 17.4 Å². The molecule has 0 bridgehead atoms. The number of thiazole rings is 1. The zero-order chi connectivity index (χ0) is 9.52. The highest BCUT2D eigenvalue weighted by atomic mass is 32.1. The molecule has 0 spiro atoms. The van der Waals surface area contributed by atoms with E-state index in [1.807, 2.05) is 5.51 Å². The van der Waals surface area contributed by atoms with E-state index in [0.717, 1.165) is 18.8 Å². The molecule has 0 radical (unpaired) electrons. The maximum absolute atomic E-state index is 4.20. The molecule has 13 heavy (non-hydrogen) atoms. The zero-order valence-electron chi connectivity index (χ0n) is 8.21. The Hall–Kier alpha value is -0.670. The fourth-order valence-corrected chi connectivity index (χ4v) is 1.57. The summed E-state index contributed by atoms with van der Waals surface area (Å²) in [5, 5.41) is 5.41. The summed E-state index contributed by atoms with van der Waals surface area (Å²) in [6.07, 6.45) is 3.31. The third-order valence-corrected chi connectivity index (χ3v) is 2.28. The van der Waals surface area contributed by atoms with Crippen molar-refractivity contribution in [3.63, 3.8) is 0 Å². The van der Waals surface area contributed by atoms with Crippen LogP contribution in [0.25, 0.3) is 6.08 Å². The number of nitrogens with zero attached hydrogens (tertiary/aromatic N) is 1. The predicted molar refractivity (Wildman–Crippen MR) is 58.9 cm³/mol. The normalized spacial score (nSPS) is 12.0. The van der Waals surface area contributed by atoms with Gasteiger partial charge in [0.05, 0.1) is 11.2 Å². The molecular weight excluding hydrogens is 180 g/mol. The smallest absolute Gasteiger partial charge is 0.0798 e. The minimum atomic E-state index is 0.964. The molecule has 1 aromatic rings. The number of rotatable bonds is 5. The van der Waals surface area contributed by atoms with Crippen LogP contribution in [0.4, 0.5) is 0 Å². The Labute approximate surface area is 83.7 Å². The molecule has 0 fully saturated rings. The van der Waals surface area contributed by atoms with Crippen LogP contribution in [0.3, 0.4) is 0 Å². The first kappa shape index (κ1) is 10.4. The van der Waals surface area contributed by atoms with Crippen LogP contribution in [0, 0.1) is 0 Å². The summed E-state index contributed by atoms with van der Waals surface area (Å²) in [7, 11) is 0. The predicted octanol–water partition coefficient (Wildman–Crippen LogP) is 2.55. The monoisotopic (exact) mass is 196 g/mol. The number of hydrogen-bond donors (Lipinski definition) is 1. The Balaban J connectivity index is 2.34. The molecule has 2 nitrogen and oxygen atoms in total. The summed E-state index contributed by atoms with van der Waals surface area (Å²) in [6.45, 7) is 6.35. The van der Waals surface area contributed by atoms with E-state index in [4.69, 9.17) is 0 Å². The Bertz CT molecular complexity index is 252. The number of nitrogens with one attached hydrogen (secondary N) is 1. The molecule has 1 N–H and O–H groups in total. The van der Waals surface area contributed by atoms with Gasteiger partial charge in [-0.2, -0.15) is 0 Å².